The Balaban J connectivity index is 1.72. The molecule has 0 bridgehead atoms. The molecule has 2 aliphatic heterocycles. The predicted molar refractivity (Wildman–Crippen MR) is 119 cm³/mol. The standard InChI is InChI=1S/C23H39N3O6/c1-16(14-20(28)29)24-21(30)18-6-5-11-26(15-18)19(27)8-7-17-9-12-25(13-10-17)22(31)32-23(2,3)4/h16-18H,5-15H2,1-4H3,(H,24,30)(H,28,29)/t16?,18-/m1/s1. The van der Waals surface area contributed by atoms with Crippen LogP contribution in [-0.2, 0) is 19.1 Å². The lowest BCUT2D eigenvalue weighted by Gasteiger charge is -2.35. The Morgan fingerprint density at radius 3 is 2.31 bits per heavy atom. The van der Waals surface area contributed by atoms with E-state index in [0.29, 0.717) is 44.9 Å². The van der Waals surface area contributed by atoms with Crippen LogP contribution >= 0.6 is 0 Å². The molecule has 0 aromatic rings. The molecule has 0 aliphatic carbocycles. The number of piperidine rings is 2. The molecule has 2 saturated heterocycles. The fourth-order valence-electron chi connectivity index (χ4n) is 4.31. The fraction of sp³-hybridized carbons (Fsp3) is 0.826. The van der Waals surface area contributed by atoms with Gasteiger partial charge < -0.3 is 25.0 Å². The Bertz CT molecular complexity index is 682. The molecule has 2 rings (SSSR count). The molecule has 2 N–H and O–H groups in total. The summed E-state index contributed by atoms with van der Waals surface area (Å²) in [6.07, 6.45) is 4.03. The minimum absolute atomic E-state index is 0.0654. The molecule has 0 saturated carbocycles. The van der Waals surface area contributed by atoms with Gasteiger partial charge in [-0.15, -0.1) is 0 Å². The molecular formula is C23H39N3O6. The number of carbonyl (C=O) groups excluding carboxylic acids is 3. The van der Waals surface area contributed by atoms with E-state index < -0.39 is 17.6 Å². The van der Waals surface area contributed by atoms with Crippen LogP contribution in [0.3, 0.4) is 0 Å². The van der Waals surface area contributed by atoms with E-state index in [1.165, 1.54) is 0 Å². The van der Waals surface area contributed by atoms with Gasteiger partial charge in [-0.2, -0.15) is 0 Å². The Kier molecular flexibility index (Phi) is 9.33. The first-order valence-corrected chi connectivity index (χ1v) is 11.7. The highest BCUT2D eigenvalue weighted by atomic mass is 16.6. The number of nitrogens with zero attached hydrogens (tertiary/aromatic N) is 2. The van der Waals surface area contributed by atoms with Gasteiger partial charge in [0.25, 0.3) is 0 Å². The lowest BCUT2D eigenvalue weighted by molar-refractivity contribution is -0.137. The predicted octanol–water partition coefficient (Wildman–Crippen LogP) is 2.63. The Morgan fingerprint density at radius 1 is 1.06 bits per heavy atom. The molecule has 0 spiro atoms. The van der Waals surface area contributed by atoms with Crippen LogP contribution in [-0.4, -0.2) is 76.6 Å². The number of hydrogen-bond acceptors (Lipinski definition) is 5. The van der Waals surface area contributed by atoms with E-state index in [-0.39, 0.29) is 30.2 Å². The van der Waals surface area contributed by atoms with Crippen molar-refractivity contribution in [1.29, 1.82) is 0 Å². The van der Waals surface area contributed by atoms with E-state index in [1.807, 2.05) is 20.8 Å². The summed E-state index contributed by atoms with van der Waals surface area (Å²) in [5.41, 5.74) is -0.502. The molecular weight excluding hydrogens is 414 g/mol. The number of carbonyl (C=O) groups is 4. The molecule has 3 amide bonds. The maximum Gasteiger partial charge on any atom is 0.410 e. The molecule has 2 atom stereocenters. The normalized spacial score (nSPS) is 21.1. The van der Waals surface area contributed by atoms with Gasteiger partial charge in [-0.25, -0.2) is 4.79 Å². The van der Waals surface area contributed by atoms with Crippen LogP contribution in [0.5, 0.6) is 0 Å². The van der Waals surface area contributed by atoms with Gasteiger partial charge in [0.2, 0.25) is 11.8 Å². The number of aliphatic carboxylic acids is 1. The highest BCUT2D eigenvalue weighted by Crippen LogP contribution is 2.25. The minimum atomic E-state index is -0.949. The molecule has 32 heavy (non-hydrogen) atoms. The lowest BCUT2D eigenvalue weighted by Crippen LogP contribution is -2.47. The summed E-state index contributed by atoms with van der Waals surface area (Å²) >= 11 is 0. The average molecular weight is 454 g/mol. The van der Waals surface area contributed by atoms with Gasteiger partial charge in [0, 0.05) is 38.6 Å². The molecule has 2 fully saturated rings. The molecule has 9 heteroatoms. The third-order valence-corrected chi connectivity index (χ3v) is 6.05. The van der Waals surface area contributed by atoms with Crippen LogP contribution in [0.25, 0.3) is 0 Å². The number of nitrogens with one attached hydrogen (secondary N) is 1. The van der Waals surface area contributed by atoms with Crippen molar-refractivity contribution >= 4 is 23.9 Å². The van der Waals surface area contributed by atoms with Crippen molar-refractivity contribution in [2.75, 3.05) is 26.2 Å². The third-order valence-electron chi connectivity index (χ3n) is 6.05. The Morgan fingerprint density at radius 2 is 1.72 bits per heavy atom. The smallest absolute Gasteiger partial charge is 0.410 e. The van der Waals surface area contributed by atoms with Crippen molar-refractivity contribution in [3.8, 4) is 0 Å². The van der Waals surface area contributed by atoms with Crippen LogP contribution in [0.2, 0.25) is 0 Å². The topological polar surface area (TPSA) is 116 Å². The first kappa shape index (κ1) is 25.9. The monoisotopic (exact) mass is 453 g/mol. The third kappa shape index (κ3) is 8.67. The zero-order valence-corrected chi connectivity index (χ0v) is 19.9. The van der Waals surface area contributed by atoms with Gasteiger partial charge in [-0.05, 0) is 65.7 Å². The zero-order chi connectivity index (χ0) is 23.9. The van der Waals surface area contributed by atoms with Crippen molar-refractivity contribution in [2.45, 2.75) is 84.3 Å². The summed E-state index contributed by atoms with van der Waals surface area (Å²) in [6, 6.07) is -0.433. The highest BCUT2D eigenvalue weighted by Gasteiger charge is 2.30. The average Bonchev–Trinajstić information content (AvgIpc) is 2.70. The van der Waals surface area contributed by atoms with E-state index in [2.05, 4.69) is 5.32 Å². The first-order valence-electron chi connectivity index (χ1n) is 11.7. The summed E-state index contributed by atoms with van der Waals surface area (Å²) in [7, 11) is 0. The van der Waals surface area contributed by atoms with E-state index in [1.54, 1.807) is 16.7 Å². The quantitative estimate of drug-likeness (QED) is 0.612. The van der Waals surface area contributed by atoms with E-state index in [4.69, 9.17) is 9.84 Å². The van der Waals surface area contributed by atoms with Gasteiger partial charge in [0.15, 0.2) is 0 Å². The van der Waals surface area contributed by atoms with Gasteiger partial charge in [-0.1, -0.05) is 0 Å². The molecule has 0 radical (unpaired) electrons. The number of amides is 3. The second kappa shape index (κ2) is 11.5. The summed E-state index contributed by atoms with van der Waals surface area (Å²) in [5, 5.41) is 11.6. The van der Waals surface area contributed by atoms with Crippen LogP contribution in [0, 0.1) is 11.8 Å². The number of hydrogen-bond donors (Lipinski definition) is 2. The number of ether oxygens (including phenoxy) is 1. The van der Waals surface area contributed by atoms with Gasteiger partial charge in [0.05, 0.1) is 12.3 Å². The van der Waals surface area contributed by atoms with Gasteiger partial charge in [0.1, 0.15) is 5.60 Å². The van der Waals surface area contributed by atoms with Crippen molar-refractivity contribution in [3.63, 3.8) is 0 Å². The molecule has 0 aromatic carbocycles. The van der Waals surface area contributed by atoms with Crippen molar-refractivity contribution < 1.29 is 29.0 Å². The zero-order valence-electron chi connectivity index (χ0n) is 19.9. The molecule has 2 aliphatic rings. The van der Waals surface area contributed by atoms with E-state index in [0.717, 1.165) is 25.7 Å². The van der Waals surface area contributed by atoms with Gasteiger partial charge in [-0.3, -0.25) is 14.4 Å². The molecule has 0 aromatic heterocycles. The first-order chi connectivity index (χ1) is 14.9. The fourth-order valence-corrected chi connectivity index (χ4v) is 4.31. The summed E-state index contributed by atoms with van der Waals surface area (Å²) in [5.74, 6) is -0.948. The molecule has 1 unspecified atom stereocenters. The van der Waals surface area contributed by atoms with Crippen LogP contribution in [0.15, 0.2) is 0 Å². The lowest BCUT2D eigenvalue weighted by atomic mass is 9.91. The van der Waals surface area contributed by atoms with Crippen molar-refractivity contribution in [2.24, 2.45) is 11.8 Å². The maximum atomic E-state index is 12.7. The SMILES string of the molecule is CC(CC(=O)O)NC(=O)[C@@H]1CCCN(C(=O)CCC2CCN(C(=O)OC(C)(C)C)CC2)C1. The van der Waals surface area contributed by atoms with Crippen LogP contribution < -0.4 is 5.32 Å². The Hall–Kier alpha value is -2.32. The Labute approximate surface area is 190 Å². The number of rotatable bonds is 7. The van der Waals surface area contributed by atoms with Crippen molar-refractivity contribution in [1.82, 2.24) is 15.1 Å². The van der Waals surface area contributed by atoms with E-state index in [9.17, 15) is 19.2 Å². The second-order valence-electron chi connectivity index (χ2n) is 10.1. The van der Waals surface area contributed by atoms with E-state index >= 15 is 0 Å². The van der Waals surface area contributed by atoms with Crippen molar-refractivity contribution in [3.05, 3.63) is 0 Å². The number of likely N-dealkylation sites (tertiary alicyclic amines) is 2. The second-order valence-corrected chi connectivity index (χ2v) is 10.1. The summed E-state index contributed by atoms with van der Waals surface area (Å²) in [4.78, 5) is 51.7. The highest BCUT2D eigenvalue weighted by molar-refractivity contribution is 5.82. The molecule has 182 valence electrons. The largest absolute Gasteiger partial charge is 0.481 e. The van der Waals surface area contributed by atoms with Crippen LogP contribution in [0.4, 0.5) is 4.79 Å². The van der Waals surface area contributed by atoms with Gasteiger partial charge >= 0.3 is 12.1 Å². The summed E-state index contributed by atoms with van der Waals surface area (Å²) < 4.78 is 5.43. The summed E-state index contributed by atoms with van der Waals surface area (Å²) in [6.45, 7) is 9.58. The molecule has 2 heterocycles. The molecule has 9 nitrogen and oxygen atoms in total. The maximum absolute atomic E-state index is 12.7. The number of carboxylic acid groups (broad SMARTS) is 1. The van der Waals surface area contributed by atoms with Crippen LogP contribution in [0.1, 0.15) is 72.6 Å². The number of carboxylic acids is 1. The minimum Gasteiger partial charge on any atom is -0.481 e.